The van der Waals surface area contributed by atoms with Crippen LogP contribution in [0.15, 0.2) is 12.1 Å². The number of hydrogen-bond acceptors (Lipinski definition) is 3. The summed E-state index contributed by atoms with van der Waals surface area (Å²) >= 11 is 4.71. The molecule has 3 nitrogen and oxygen atoms in total. The standard InChI is InChI=1S/C13H16F2N2OS/c1-7(8-2-3-18-6-8)17-12-10(14)4-9(13(16)19)5-11(12)15/h4-5,7-8,17H,2-3,6H2,1H3,(H2,16,19). The van der Waals surface area contributed by atoms with E-state index >= 15 is 0 Å². The van der Waals surface area contributed by atoms with Crippen LogP contribution in [0.2, 0.25) is 0 Å². The van der Waals surface area contributed by atoms with Gasteiger partial charge in [0.05, 0.1) is 6.61 Å². The van der Waals surface area contributed by atoms with Crippen molar-refractivity contribution in [3.63, 3.8) is 0 Å². The van der Waals surface area contributed by atoms with Gasteiger partial charge in [-0.15, -0.1) is 0 Å². The minimum Gasteiger partial charge on any atom is -0.389 e. The Bertz CT molecular complexity index is 467. The molecule has 0 spiro atoms. The van der Waals surface area contributed by atoms with Gasteiger partial charge in [-0.3, -0.25) is 0 Å². The Labute approximate surface area is 116 Å². The molecule has 0 radical (unpaired) electrons. The predicted octanol–water partition coefficient (Wildman–Crippen LogP) is 2.44. The number of benzene rings is 1. The third-order valence-corrected chi connectivity index (χ3v) is 3.61. The van der Waals surface area contributed by atoms with E-state index in [4.69, 9.17) is 22.7 Å². The van der Waals surface area contributed by atoms with Gasteiger partial charge in [0.1, 0.15) is 22.3 Å². The third-order valence-electron chi connectivity index (χ3n) is 3.37. The zero-order chi connectivity index (χ0) is 14.0. The number of nitrogens with one attached hydrogen (secondary N) is 1. The largest absolute Gasteiger partial charge is 0.389 e. The zero-order valence-electron chi connectivity index (χ0n) is 10.6. The van der Waals surface area contributed by atoms with Gasteiger partial charge in [0.2, 0.25) is 0 Å². The highest BCUT2D eigenvalue weighted by Gasteiger charge is 2.24. The summed E-state index contributed by atoms with van der Waals surface area (Å²) in [4.78, 5) is -0.0263. The predicted molar refractivity (Wildman–Crippen MR) is 74.3 cm³/mol. The van der Waals surface area contributed by atoms with Crippen molar-refractivity contribution >= 4 is 22.9 Å². The normalized spacial score (nSPS) is 20.3. The van der Waals surface area contributed by atoms with Gasteiger partial charge < -0.3 is 15.8 Å². The molecule has 19 heavy (non-hydrogen) atoms. The zero-order valence-corrected chi connectivity index (χ0v) is 11.4. The Balaban J connectivity index is 2.18. The van der Waals surface area contributed by atoms with Gasteiger partial charge in [-0.1, -0.05) is 12.2 Å². The second-order valence-electron chi connectivity index (χ2n) is 4.74. The molecule has 6 heteroatoms. The number of ether oxygens (including phenoxy) is 1. The minimum absolute atomic E-state index is 0.0263. The Morgan fingerprint density at radius 2 is 2.11 bits per heavy atom. The van der Waals surface area contributed by atoms with Crippen molar-refractivity contribution < 1.29 is 13.5 Å². The van der Waals surface area contributed by atoms with Gasteiger partial charge in [-0.05, 0) is 25.5 Å². The first-order chi connectivity index (χ1) is 8.99. The van der Waals surface area contributed by atoms with Crippen LogP contribution in [-0.2, 0) is 4.74 Å². The lowest BCUT2D eigenvalue weighted by molar-refractivity contribution is 0.183. The molecule has 1 aromatic rings. The maximum Gasteiger partial charge on any atom is 0.150 e. The first-order valence-electron chi connectivity index (χ1n) is 6.12. The molecule has 0 aromatic heterocycles. The van der Waals surface area contributed by atoms with E-state index in [2.05, 4.69) is 5.32 Å². The molecular formula is C13H16F2N2OS. The highest BCUT2D eigenvalue weighted by Crippen LogP contribution is 2.25. The van der Waals surface area contributed by atoms with Gasteiger partial charge in [-0.25, -0.2) is 8.78 Å². The second kappa shape index (κ2) is 5.79. The summed E-state index contributed by atoms with van der Waals surface area (Å²) in [6.45, 7) is 3.20. The molecule has 1 aromatic carbocycles. The summed E-state index contributed by atoms with van der Waals surface area (Å²) < 4.78 is 33.0. The number of rotatable bonds is 4. The SMILES string of the molecule is CC(Nc1c(F)cc(C(N)=S)cc1F)C1CCOC1. The van der Waals surface area contributed by atoms with E-state index in [-0.39, 0.29) is 28.2 Å². The van der Waals surface area contributed by atoms with Crippen molar-refractivity contribution in [3.8, 4) is 0 Å². The fraction of sp³-hybridized carbons (Fsp3) is 0.462. The number of halogens is 2. The first-order valence-corrected chi connectivity index (χ1v) is 6.53. The van der Waals surface area contributed by atoms with Gasteiger partial charge in [0.15, 0.2) is 0 Å². The summed E-state index contributed by atoms with van der Waals surface area (Å²) in [7, 11) is 0. The summed E-state index contributed by atoms with van der Waals surface area (Å²) in [6, 6.07) is 2.22. The maximum absolute atomic E-state index is 13.9. The smallest absolute Gasteiger partial charge is 0.150 e. The third kappa shape index (κ3) is 3.19. The quantitative estimate of drug-likeness (QED) is 0.835. The molecule has 1 saturated heterocycles. The Morgan fingerprint density at radius 3 is 2.58 bits per heavy atom. The molecular weight excluding hydrogens is 270 g/mol. The van der Waals surface area contributed by atoms with E-state index < -0.39 is 11.6 Å². The van der Waals surface area contributed by atoms with Gasteiger partial charge in [0, 0.05) is 24.1 Å². The van der Waals surface area contributed by atoms with E-state index in [0.29, 0.717) is 13.2 Å². The van der Waals surface area contributed by atoms with Gasteiger partial charge >= 0.3 is 0 Å². The molecule has 0 saturated carbocycles. The van der Waals surface area contributed by atoms with E-state index in [9.17, 15) is 8.78 Å². The average molecular weight is 286 g/mol. The topological polar surface area (TPSA) is 47.3 Å². The molecule has 0 aliphatic carbocycles. The molecule has 0 amide bonds. The molecule has 1 aliphatic heterocycles. The molecule has 0 bridgehead atoms. The fourth-order valence-corrected chi connectivity index (χ4v) is 2.26. The van der Waals surface area contributed by atoms with Gasteiger partial charge in [0.25, 0.3) is 0 Å². The lowest BCUT2D eigenvalue weighted by atomic mass is 10.0. The Hall–Kier alpha value is -1.27. The Morgan fingerprint density at radius 1 is 1.47 bits per heavy atom. The number of hydrogen-bond donors (Lipinski definition) is 2. The maximum atomic E-state index is 13.9. The first kappa shape index (κ1) is 14.1. The van der Waals surface area contributed by atoms with E-state index in [1.54, 1.807) is 0 Å². The van der Waals surface area contributed by atoms with Crippen molar-refractivity contribution in [1.29, 1.82) is 0 Å². The summed E-state index contributed by atoms with van der Waals surface area (Å²) in [5, 5.41) is 2.87. The van der Waals surface area contributed by atoms with Crippen molar-refractivity contribution in [1.82, 2.24) is 0 Å². The van der Waals surface area contributed by atoms with Crippen LogP contribution in [0.5, 0.6) is 0 Å². The highest BCUT2D eigenvalue weighted by atomic mass is 32.1. The van der Waals surface area contributed by atoms with E-state index in [1.807, 2.05) is 6.92 Å². The summed E-state index contributed by atoms with van der Waals surface area (Å²) in [6.07, 6.45) is 0.891. The Kier molecular flexibility index (Phi) is 4.31. The van der Waals surface area contributed by atoms with Crippen molar-refractivity contribution in [2.45, 2.75) is 19.4 Å². The van der Waals surface area contributed by atoms with E-state index in [0.717, 1.165) is 18.6 Å². The molecule has 1 fully saturated rings. The molecule has 104 valence electrons. The van der Waals surface area contributed by atoms with Crippen molar-refractivity contribution in [2.75, 3.05) is 18.5 Å². The average Bonchev–Trinajstić information content (AvgIpc) is 2.86. The van der Waals surface area contributed by atoms with E-state index in [1.165, 1.54) is 0 Å². The lowest BCUT2D eigenvalue weighted by Crippen LogP contribution is -2.27. The van der Waals surface area contributed by atoms with Crippen LogP contribution in [0.25, 0.3) is 0 Å². The van der Waals surface area contributed by atoms with Crippen LogP contribution < -0.4 is 11.1 Å². The van der Waals surface area contributed by atoms with Crippen molar-refractivity contribution in [3.05, 3.63) is 29.3 Å². The van der Waals surface area contributed by atoms with Crippen LogP contribution in [0.1, 0.15) is 18.9 Å². The number of anilines is 1. The molecule has 2 unspecified atom stereocenters. The van der Waals surface area contributed by atoms with Crippen LogP contribution in [0.4, 0.5) is 14.5 Å². The van der Waals surface area contributed by atoms with Crippen LogP contribution in [0.3, 0.4) is 0 Å². The van der Waals surface area contributed by atoms with Crippen LogP contribution >= 0.6 is 12.2 Å². The summed E-state index contributed by atoms with van der Waals surface area (Å²) in [5.74, 6) is -1.11. The van der Waals surface area contributed by atoms with Crippen LogP contribution in [-0.4, -0.2) is 24.2 Å². The van der Waals surface area contributed by atoms with Crippen molar-refractivity contribution in [2.24, 2.45) is 11.7 Å². The molecule has 2 rings (SSSR count). The minimum atomic E-state index is -0.687. The van der Waals surface area contributed by atoms with Gasteiger partial charge in [-0.2, -0.15) is 0 Å². The number of nitrogens with two attached hydrogens (primary N) is 1. The van der Waals surface area contributed by atoms with Crippen LogP contribution in [0, 0.1) is 17.6 Å². The highest BCUT2D eigenvalue weighted by molar-refractivity contribution is 7.80. The molecule has 2 atom stereocenters. The molecule has 3 N–H and O–H groups in total. The lowest BCUT2D eigenvalue weighted by Gasteiger charge is -2.21. The molecule has 1 heterocycles. The second-order valence-corrected chi connectivity index (χ2v) is 5.18. The molecule has 1 aliphatic rings. The summed E-state index contributed by atoms with van der Waals surface area (Å²) in [5.41, 5.74) is 5.41. The number of thiocarbonyl (C=S) groups is 1. The fourth-order valence-electron chi connectivity index (χ4n) is 2.15. The monoisotopic (exact) mass is 286 g/mol.